The fraction of sp³-hybridized carbons (Fsp3) is 0.364. The molecule has 8 heteroatoms. The van der Waals surface area contributed by atoms with E-state index in [4.69, 9.17) is 10.9 Å². The predicted molar refractivity (Wildman–Crippen MR) is 71.0 cm³/mol. The highest BCUT2D eigenvalue weighted by atomic mass is 32.2. The summed E-state index contributed by atoms with van der Waals surface area (Å²) >= 11 is 0. The molecule has 1 unspecified atom stereocenters. The molecular formula is C11H16N4O3S. The van der Waals surface area contributed by atoms with Gasteiger partial charge in [-0.2, -0.15) is 0 Å². The standard InChI is InChI=1S/C11H16N4O3S/c12-11(16)10-7-14-5-6-15(10)8-1-3-9(4-2-8)19(13,17)18/h1-4,10,14H,5-7H2,(H2,12,16)(H2,13,17,18). The minimum Gasteiger partial charge on any atom is -0.368 e. The van der Waals surface area contributed by atoms with Gasteiger partial charge in [0.05, 0.1) is 4.90 Å². The Labute approximate surface area is 111 Å². The molecular weight excluding hydrogens is 268 g/mol. The van der Waals surface area contributed by atoms with Gasteiger partial charge in [0.1, 0.15) is 6.04 Å². The molecule has 1 amide bonds. The van der Waals surface area contributed by atoms with Crippen LogP contribution >= 0.6 is 0 Å². The third kappa shape index (κ3) is 3.03. The van der Waals surface area contributed by atoms with E-state index in [9.17, 15) is 13.2 Å². The Kier molecular flexibility index (Phi) is 3.74. The van der Waals surface area contributed by atoms with Crippen molar-refractivity contribution >= 4 is 21.6 Å². The number of primary sulfonamides is 1. The summed E-state index contributed by atoms with van der Waals surface area (Å²) in [5, 5.41) is 8.13. The van der Waals surface area contributed by atoms with E-state index in [1.165, 1.54) is 12.1 Å². The van der Waals surface area contributed by atoms with Crippen molar-refractivity contribution in [3.8, 4) is 0 Å². The Morgan fingerprint density at radius 3 is 2.47 bits per heavy atom. The number of piperazine rings is 1. The van der Waals surface area contributed by atoms with Crippen molar-refractivity contribution in [2.75, 3.05) is 24.5 Å². The van der Waals surface area contributed by atoms with Crippen LogP contribution in [0.1, 0.15) is 0 Å². The first-order valence-electron chi connectivity index (χ1n) is 5.79. The fourth-order valence-electron chi connectivity index (χ4n) is 2.09. The molecule has 19 heavy (non-hydrogen) atoms. The van der Waals surface area contributed by atoms with Gasteiger partial charge in [0.15, 0.2) is 0 Å². The smallest absolute Gasteiger partial charge is 0.241 e. The zero-order valence-electron chi connectivity index (χ0n) is 10.2. The van der Waals surface area contributed by atoms with Crippen LogP contribution in [-0.4, -0.2) is 40.0 Å². The molecule has 0 aliphatic carbocycles. The van der Waals surface area contributed by atoms with Crippen LogP contribution < -0.4 is 21.1 Å². The van der Waals surface area contributed by atoms with Crippen LogP contribution in [0.25, 0.3) is 0 Å². The summed E-state index contributed by atoms with van der Waals surface area (Å²) in [6.07, 6.45) is 0. The molecule has 0 aromatic heterocycles. The van der Waals surface area contributed by atoms with E-state index in [1.54, 1.807) is 12.1 Å². The number of benzene rings is 1. The normalized spacial score (nSPS) is 20.3. The molecule has 0 bridgehead atoms. The van der Waals surface area contributed by atoms with Crippen molar-refractivity contribution in [2.24, 2.45) is 10.9 Å². The third-order valence-electron chi connectivity index (χ3n) is 3.07. The van der Waals surface area contributed by atoms with Crippen molar-refractivity contribution in [1.82, 2.24) is 5.32 Å². The maximum Gasteiger partial charge on any atom is 0.241 e. The zero-order chi connectivity index (χ0) is 14.0. The summed E-state index contributed by atoms with van der Waals surface area (Å²) in [6, 6.07) is 5.66. The number of carbonyl (C=O) groups is 1. The highest BCUT2D eigenvalue weighted by molar-refractivity contribution is 7.89. The summed E-state index contributed by atoms with van der Waals surface area (Å²) in [5.74, 6) is -0.414. The van der Waals surface area contributed by atoms with Crippen molar-refractivity contribution in [3.63, 3.8) is 0 Å². The van der Waals surface area contributed by atoms with E-state index >= 15 is 0 Å². The number of carbonyl (C=O) groups excluding carboxylic acids is 1. The molecule has 7 nitrogen and oxygen atoms in total. The largest absolute Gasteiger partial charge is 0.368 e. The molecule has 1 heterocycles. The Bertz CT molecular complexity index is 570. The highest BCUT2D eigenvalue weighted by Gasteiger charge is 2.27. The maximum absolute atomic E-state index is 11.4. The second-order valence-electron chi connectivity index (χ2n) is 4.35. The van der Waals surface area contributed by atoms with Crippen LogP contribution in [-0.2, 0) is 14.8 Å². The third-order valence-corrected chi connectivity index (χ3v) is 4.00. The van der Waals surface area contributed by atoms with Crippen LogP contribution in [0, 0.1) is 0 Å². The van der Waals surface area contributed by atoms with Gasteiger partial charge in [0.2, 0.25) is 15.9 Å². The van der Waals surface area contributed by atoms with Crippen LogP contribution in [0.15, 0.2) is 29.2 Å². The molecule has 1 fully saturated rings. The van der Waals surface area contributed by atoms with Gasteiger partial charge in [-0.15, -0.1) is 0 Å². The van der Waals surface area contributed by atoms with Gasteiger partial charge in [-0.05, 0) is 24.3 Å². The van der Waals surface area contributed by atoms with E-state index in [0.717, 1.165) is 12.2 Å². The minimum absolute atomic E-state index is 0.0435. The van der Waals surface area contributed by atoms with E-state index in [1.807, 2.05) is 4.90 Å². The second kappa shape index (κ2) is 5.16. The summed E-state index contributed by atoms with van der Waals surface area (Å²) < 4.78 is 22.3. The fourth-order valence-corrected chi connectivity index (χ4v) is 2.61. The Morgan fingerprint density at radius 1 is 1.32 bits per heavy atom. The molecule has 1 aromatic carbocycles. The number of rotatable bonds is 3. The molecule has 1 atom stereocenters. The van der Waals surface area contributed by atoms with Crippen molar-refractivity contribution < 1.29 is 13.2 Å². The van der Waals surface area contributed by atoms with Crippen LogP contribution in [0.4, 0.5) is 5.69 Å². The number of nitrogens with one attached hydrogen (secondary N) is 1. The number of hydrogen-bond donors (Lipinski definition) is 3. The van der Waals surface area contributed by atoms with Crippen LogP contribution in [0.2, 0.25) is 0 Å². The Balaban J connectivity index is 2.28. The van der Waals surface area contributed by atoms with E-state index in [-0.39, 0.29) is 4.90 Å². The molecule has 1 aliphatic rings. The first-order valence-corrected chi connectivity index (χ1v) is 7.34. The average Bonchev–Trinajstić information content (AvgIpc) is 2.38. The van der Waals surface area contributed by atoms with Crippen molar-refractivity contribution in [3.05, 3.63) is 24.3 Å². The number of sulfonamides is 1. The van der Waals surface area contributed by atoms with Crippen molar-refractivity contribution in [1.29, 1.82) is 0 Å². The number of hydrogen-bond acceptors (Lipinski definition) is 5. The lowest BCUT2D eigenvalue weighted by atomic mass is 10.1. The lowest BCUT2D eigenvalue weighted by Crippen LogP contribution is -2.57. The van der Waals surface area contributed by atoms with Gasteiger partial charge in [0, 0.05) is 25.3 Å². The van der Waals surface area contributed by atoms with Gasteiger partial charge >= 0.3 is 0 Å². The number of nitrogens with zero attached hydrogens (tertiary/aromatic N) is 1. The van der Waals surface area contributed by atoms with E-state index in [0.29, 0.717) is 13.1 Å². The molecule has 1 saturated heterocycles. The summed E-state index contributed by atoms with van der Waals surface area (Å²) in [7, 11) is -3.70. The monoisotopic (exact) mass is 284 g/mol. The highest BCUT2D eigenvalue weighted by Crippen LogP contribution is 2.20. The average molecular weight is 284 g/mol. The maximum atomic E-state index is 11.4. The topological polar surface area (TPSA) is 119 Å². The SMILES string of the molecule is NC(=O)C1CNCCN1c1ccc(S(N)(=O)=O)cc1. The lowest BCUT2D eigenvalue weighted by Gasteiger charge is -2.36. The predicted octanol–water partition coefficient (Wildman–Crippen LogP) is -1.40. The van der Waals surface area contributed by atoms with E-state index in [2.05, 4.69) is 5.32 Å². The van der Waals surface area contributed by atoms with Gasteiger partial charge in [-0.3, -0.25) is 4.79 Å². The van der Waals surface area contributed by atoms with Crippen LogP contribution in [0.3, 0.4) is 0 Å². The van der Waals surface area contributed by atoms with Gasteiger partial charge in [-0.1, -0.05) is 0 Å². The molecule has 2 rings (SSSR count). The second-order valence-corrected chi connectivity index (χ2v) is 5.92. The Morgan fingerprint density at radius 2 is 1.95 bits per heavy atom. The zero-order valence-corrected chi connectivity index (χ0v) is 11.1. The minimum atomic E-state index is -3.70. The summed E-state index contributed by atoms with van der Waals surface area (Å²) in [6.45, 7) is 1.84. The van der Waals surface area contributed by atoms with Crippen molar-refractivity contribution in [2.45, 2.75) is 10.9 Å². The molecule has 5 N–H and O–H groups in total. The van der Waals surface area contributed by atoms with Gasteiger partial charge < -0.3 is 16.0 Å². The number of nitrogens with two attached hydrogens (primary N) is 2. The molecule has 1 aromatic rings. The Hall–Kier alpha value is -1.64. The lowest BCUT2D eigenvalue weighted by molar-refractivity contribution is -0.119. The summed E-state index contributed by atoms with van der Waals surface area (Å²) in [4.78, 5) is 13.3. The molecule has 104 valence electrons. The molecule has 0 spiro atoms. The van der Waals surface area contributed by atoms with E-state index < -0.39 is 22.0 Å². The van der Waals surface area contributed by atoms with Crippen LogP contribution in [0.5, 0.6) is 0 Å². The van der Waals surface area contributed by atoms with Gasteiger partial charge in [0.25, 0.3) is 0 Å². The first-order chi connectivity index (χ1) is 8.89. The van der Waals surface area contributed by atoms with Gasteiger partial charge in [-0.25, -0.2) is 13.6 Å². The summed E-state index contributed by atoms with van der Waals surface area (Å²) in [5.41, 5.74) is 6.11. The molecule has 1 aliphatic heterocycles. The number of anilines is 1. The quantitative estimate of drug-likeness (QED) is 0.630. The number of primary amides is 1. The number of amides is 1. The first kappa shape index (κ1) is 13.8. The molecule has 0 radical (unpaired) electrons. The molecule has 0 saturated carbocycles.